The Bertz CT molecular complexity index is 835. The Balaban J connectivity index is 1.87. The van der Waals surface area contributed by atoms with Crippen molar-refractivity contribution in [3.8, 4) is 17.2 Å². The molecular formula is C17H19NO5S. The number of rotatable bonds is 5. The molecule has 3 rings (SSSR count). The van der Waals surface area contributed by atoms with Gasteiger partial charge in [-0.05, 0) is 18.2 Å². The largest absolute Gasteiger partial charge is 0.496 e. The Kier molecular flexibility index (Phi) is 4.64. The van der Waals surface area contributed by atoms with Crippen LogP contribution >= 0.6 is 0 Å². The molecule has 1 aliphatic heterocycles. The molecule has 0 saturated carbocycles. The van der Waals surface area contributed by atoms with Crippen molar-refractivity contribution in [3.63, 3.8) is 0 Å². The van der Waals surface area contributed by atoms with Gasteiger partial charge in [0.05, 0.1) is 12.0 Å². The molecule has 6 nitrogen and oxygen atoms in total. The van der Waals surface area contributed by atoms with Crippen molar-refractivity contribution < 1.29 is 22.6 Å². The normalized spacial score (nSPS) is 13.8. The molecule has 1 heterocycles. The van der Waals surface area contributed by atoms with Crippen LogP contribution in [-0.4, -0.2) is 40.1 Å². The molecule has 0 aliphatic carbocycles. The highest BCUT2D eigenvalue weighted by atomic mass is 32.2. The van der Waals surface area contributed by atoms with Crippen molar-refractivity contribution in [1.29, 1.82) is 0 Å². The lowest BCUT2D eigenvalue weighted by Gasteiger charge is -2.21. The monoisotopic (exact) mass is 349 g/mol. The Hall–Kier alpha value is -2.25. The fourth-order valence-electron chi connectivity index (χ4n) is 2.52. The second kappa shape index (κ2) is 6.70. The smallest absolute Gasteiger partial charge is 0.243 e. The lowest BCUT2D eigenvalue weighted by atomic mass is 10.2. The second-order valence-electron chi connectivity index (χ2n) is 5.38. The quantitative estimate of drug-likeness (QED) is 0.829. The summed E-state index contributed by atoms with van der Waals surface area (Å²) in [6, 6.07) is 12.0. The molecule has 24 heavy (non-hydrogen) atoms. The maximum Gasteiger partial charge on any atom is 0.243 e. The minimum absolute atomic E-state index is 0.171. The molecule has 0 saturated heterocycles. The number of sulfonamides is 1. The molecule has 0 amide bonds. The first-order valence-electron chi connectivity index (χ1n) is 7.50. The van der Waals surface area contributed by atoms with Crippen molar-refractivity contribution in [3.05, 3.63) is 48.0 Å². The first-order valence-corrected chi connectivity index (χ1v) is 8.94. The van der Waals surface area contributed by atoms with Gasteiger partial charge in [-0.15, -0.1) is 0 Å². The minimum Gasteiger partial charge on any atom is -0.496 e. The summed E-state index contributed by atoms with van der Waals surface area (Å²) in [5.41, 5.74) is 0.795. The van der Waals surface area contributed by atoms with Gasteiger partial charge >= 0.3 is 0 Å². The molecule has 0 atom stereocenters. The van der Waals surface area contributed by atoms with Gasteiger partial charge in [0.15, 0.2) is 11.5 Å². The van der Waals surface area contributed by atoms with E-state index in [1.807, 2.05) is 18.2 Å². The van der Waals surface area contributed by atoms with Gasteiger partial charge in [0, 0.05) is 25.2 Å². The van der Waals surface area contributed by atoms with E-state index in [0.717, 1.165) is 5.56 Å². The summed E-state index contributed by atoms with van der Waals surface area (Å²) in [7, 11) is -0.550. The third kappa shape index (κ3) is 3.18. The van der Waals surface area contributed by atoms with E-state index in [1.165, 1.54) is 16.4 Å². The van der Waals surface area contributed by atoms with E-state index in [4.69, 9.17) is 14.2 Å². The number of hydrogen-bond acceptors (Lipinski definition) is 5. The van der Waals surface area contributed by atoms with Crippen LogP contribution in [0.5, 0.6) is 17.2 Å². The molecule has 0 bridgehead atoms. The predicted molar refractivity (Wildman–Crippen MR) is 89.1 cm³/mol. The molecule has 0 radical (unpaired) electrons. The molecule has 0 spiro atoms. The van der Waals surface area contributed by atoms with Gasteiger partial charge in [0.25, 0.3) is 0 Å². The summed E-state index contributed by atoms with van der Waals surface area (Å²) in [6.45, 7) is 1.08. The second-order valence-corrected chi connectivity index (χ2v) is 7.42. The van der Waals surface area contributed by atoms with Crippen molar-refractivity contribution in [2.24, 2.45) is 0 Å². The summed E-state index contributed by atoms with van der Waals surface area (Å²) in [5, 5.41) is 0. The van der Waals surface area contributed by atoms with Crippen LogP contribution in [0.4, 0.5) is 0 Å². The van der Waals surface area contributed by atoms with E-state index in [2.05, 4.69) is 0 Å². The summed E-state index contributed by atoms with van der Waals surface area (Å²) >= 11 is 0. The highest BCUT2D eigenvalue weighted by Gasteiger charge is 2.24. The number of para-hydroxylation sites is 1. The Morgan fingerprint density at radius 1 is 1.08 bits per heavy atom. The first-order chi connectivity index (χ1) is 11.5. The molecule has 128 valence electrons. The van der Waals surface area contributed by atoms with Crippen molar-refractivity contribution >= 4 is 10.0 Å². The number of hydrogen-bond donors (Lipinski definition) is 0. The third-order valence-electron chi connectivity index (χ3n) is 3.81. The van der Waals surface area contributed by atoms with E-state index < -0.39 is 10.0 Å². The molecule has 0 N–H and O–H groups in total. The van der Waals surface area contributed by atoms with Crippen LogP contribution in [0, 0.1) is 0 Å². The molecule has 1 aliphatic rings. The SMILES string of the molecule is COc1ccccc1CN(C)S(=O)(=O)c1ccc2c(c1)OCCO2. The molecular weight excluding hydrogens is 330 g/mol. The van der Waals surface area contributed by atoms with Gasteiger partial charge in [0.1, 0.15) is 19.0 Å². The topological polar surface area (TPSA) is 65.1 Å². The van der Waals surface area contributed by atoms with Crippen LogP contribution in [0.1, 0.15) is 5.56 Å². The van der Waals surface area contributed by atoms with Crippen molar-refractivity contribution in [2.45, 2.75) is 11.4 Å². The van der Waals surface area contributed by atoms with Crippen LogP contribution in [0.15, 0.2) is 47.4 Å². The van der Waals surface area contributed by atoms with E-state index >= 15 is 0 Å². The van der Waals surface area contributed by atoms with Gasteiger partial charge in [-0.3, -0.25) is 0 Å². The van der Waals surface area contributed by atoms with Gasteiger partial charge in [-0.2, -0.15) is 4.31 Å². The van der Waals surface area contributed by atoms with Crippen LogP contribution in [0.3, 0.4) is 0 Å². The first kappa shape index (κ1) is 16.6. The van der Waals surface area contributed by atoms with Crippen LogP contribution < -0.4 is 14.2 Å². The lowest BCUT2D eigenvalue weighted by Crippen LogP contribution is -2.27. The Morgan fingerprint density at radius 3 is 2.54 bits per heavy atom. The third-order valence-corrected chi connectivity index (χ3v) is 5.61. The van der Waals surface area contributed by atoms with Crippen LogP contribution in [-0.2, 0) is 16.6 Å². The highest BCUT2D eigenvalue weighted by molar-refractivity contribution is 7.89. The number of nitrogens with zero attached hydrogens (tertiary/aromatic N) is 1. The molecule has 7 heteroatoms. The van der Waals surface area contributed by atoms with E-state index in [1.54, 1.807) is 26.3 Å². The van der Waals surface area contributed by atoms with Crippen LogP contribution in [0.2, 0.25) is 0 Å². The van der Waals surface area contributed by atoms with E-state index in [0.29, 0.717) is 30.5 Å². The van der Waals surface area contributed by atoms with Crippen LogP contribution in [0.25, 0.3) is 0 Å². The van der Waals surface area contributed by atoms with E-state index in [9.17, 15) is 8.42 Å². The van der Waals surface area contributed by atoms with E-state index in [-0.39, 0.29) is 11.4 Å². The standard InChI is InChI=1S/C17H19NO5S/c1-18(12-13-5-3-4-6-15(13)21-2)24(19,20)14-7-8-16-17(11-14)23-10-9-22-16/h3-8,11H,9-10,12H2,1-2H3. The zero-order valence-corrected chi connectivity index (χ0v) is 14.4. The van der Waals surface area contributed by atoms with Gasteiger partial charge < -0.3 is 14.2 Å². The highest BCUT2D eigenvalue weighted by Crippen LogP contribution is 2.33. The fraction of sp³-hybridized carbons (Fsp3) is 0.294. The number of fused-ring (bicyclic) bond motifs is 1. The number of benzene rings is 2. The van der Waals surface area contributed by atoms with Gasteiger partial charge in [-0.1, -0.05) is 18.2 Å². The van der Waals surface area contributed by atoms with Crippen molar-refractivity contribution in [1.82, 2.24) is 4.31 Å². The molecule has 0 aromatic heterocycles. The Labute approximate surface area is 141 Å². The van der Waals surface area contributed by atoms with Gasteiger partial charge in [-0.25, -0.2) is 8.42 Å². The minimum atomic E-state index is -3.65. The average molecular weight is 349 g/mol. The van der Waals surface area contributed by atoms with Crippen molar-refractivity contribution in [2.75, 3.05) is 27.4 Å². The summed E-state index contributed by atoms with van der Waals surface area (Å²) in [5.74, 6) is 1.67. The van der Waals surface area contributed by atoms with Gasteiger partial charge in [0.2, 0.25) is 10.0 Å². The average Bonchev–Trinajstić information content (AvgIpc) is 2.61. The number of methoxy groups -OCH3 is 1. The molecule has 2 aromatic carbocycles. The molecule has 2 aromatic rings. The predicted octanol–water partition coefficient (Wildman–Crippen LogP) is 2.29. The molecule has 0 fully saturated rings. The Morgan fingerprint density at radius 2 is 1.79 bits per heavy atom. The number of ether oxygens (including phenoxy) is 3. The fourth-order valence-corrected chi connectivity index (χ4v) is 3.69. The maximum atomic E-state index is 12.8. The summed E-state index contributed by atoms with van der Waals surface area (Å²) < 4.78 is 43.1. The zero-order chi connectivity index (χ0) is 17.2. The maximum absolute atomic E-state index is 12.8. The zero-order valence-electron chi connectivity index (χ0n) is 13.6. The summed E-state index contributed by atoms with van der Waals surface area (Å²) in [6.07, 6.45) is 0. The molecule has 0 unspecified atom stereocenters. The lowest BCUT2D eigenvalue weighted by molar-refractivity contribution is 0.171. The summed E-state index contributed by atoms with van der Waals surface area (Å²) in [4.78, 5) is 0.171.